The van der Waals surface area contributed by atoms with E-state index in [2.05, 4.69) is 18.1 Å². The van der Waals surface area contributed by atoms with Gasteiger partial charge in [0.05, 0.1) is 11.7 Å². The zero-order valence-electron chi connectivity index (χ0n) is 7.79. The Balaban J connectivity index is 2.19. The summed E-state index contributed by atoms with van der Waals surface area (Å²) in [5.41, 5.74) is 2.22. The molecule has 0 saturated heterocycles. The fourth-order valence-corrected chi connectivity index (χ4v) is 1.91. The summed E-state index contributed by atoms with van der Waals surface area (Å²) in [6.07, 6.45) is 9.49. The van der Waals surface area contributed by atoms with Crippen molar-refractivity contribution in [1.82, 2.24) is 0 Å². The molecule has 0 unspecified atom stereocenters. The highest BCUT2D eigenvalue weighted by Gasteiger charge is 2.42. The third-order valence-corrected chi connectivity index (χ3v) is 3.03. The van der Waals surface area contributed by atoms with Crippen molar-refractivity contribution in [1.29, 1.82) is 0 Å². The van der Waals surface area contributed by atoms with E-state index in [1.807, 2.05) is 12.1 Å². The van der Waals surface area contributed by atoms with Gasteiger partial charge in [0.25, 0.3) is 0 Å². The molecule has 0 bridgehead atoms. The normalized spacial score (nSPS) is 17.9. The molecule has 0 N–H and O–H groups in total. The van der Waals surface area contributed by atoms with E-state index in [1.54, 1.807) is 6.26 Å². The van der Waals surface area contributed by atoms with Crippen molar-refractivity contribution in [3.05, 3.63) is 36.1 Å². The highest BCUT2D eigenvalue weighted by Crippen LogP contribution is 2.48. The maximum atomic E-state index is 5.55. The molecule has 1 aromatic carbocycles. The fraction of sp³-hybridized carbons (Fsp3) is 0.231. The first-order chi connectivity index (χ1) is 6.84. The van der Waals surface area contributed by atoms with Crippen LogP contribution in [0.1, 0.15) is 18.4 Å². The summed E-state index contributed by atoms with van der Waals surface area (Å²) >= 11 is 0. The van der Waals surface area contributed by atoms with Gasteiger partial charge in [0.1, 0.15) is 5.58 Å². The number of hydrogen-bond acceptors (Lipinski definition) is 1. The van der Waals surface area contributed by atoms with Crippen molar-refractivity contribution in [2.75, 3.05) is 0 Å². The Labute approximate surface area is 82.7 Å². The molecule has 0 radical (unpaired) electrons. The maximum absolute atomic E-state index is 5.55. The van der Waals surface area contributed by atoms with Gasteiger partial charge in [-0.3, -0.25) is 0 Å². The van der Waals surface area contributed by atoms with E-state index in [9.17, 15) is 0 Å². The molecular weight excluding hydrogens is 172 g/mol. The van der Waals surface area contributed by atoms with Crippen LogP contribution >= 0.6 is 0 Å². The van der Waals surface area contributed by atoms with E-state index in [0.29, 0.717) is 0 Å². The second kappa shape index (κ2) is 2.42. The SMILES string of the molecule is C#CC1(c2ccc3occc3c2)CC1. The molecule has 1 heteroatoms. The Kier molecular flexibility index (Phi) is 1.33. The average molecular weight is 182 g/mol. The highest BCUT2D eigenvalue weighted by atomic mass is 16.3. The molecule has 1 saturated carbocycles. The summed E-state index contributed by atoms with van der Waals surface area (Å²) in [7, 11) is 0. The average Bonchev–Trinajstić information content (AvgIpc) is 2.89. The molecule has 1 aliphatic rings. The second-order valence-electron chi connectivity index (χ2n) is 3.90. The Morgan fingerprint density at radius 3 is 2.86 bits per heavy atom. The molecule has 2 aromatic rings. The number of hydrogen-bond donors (Lipinski definition) is 0. The van der Waals surface area contributed by atoms with Crippen LogP contribution < -0.4 is 0 Å². The van der Waals surface area contributed by atoms with E-state index in [4.69, 9.17) is 10.8 Å². The minimum absolute atomic E-state index is 0.0332. The maximum Gasteiger partial charge on any atom is 0.133 e. The summed E-state index contributed by atoms with van der Waals surface area (Å²) in [5.74, 6) is 2.89. The van der Waals surface area contributed by atoms with Gasteiger partial charge in [-0.05, 0) is 36.6 Å². The Hall–Kier alpha value is -1.68. The van der Waals surface area contributed by atoms with E-state index in [0.717, 1.165) is 23.8 Å². The summed E-state index contributed by atoms with van der Waals surface area (Å²) in [5, 5.41) is 1.14. The van der Waals surface area contributed by atoms with Crippen LogP contribution in [0.3, 0.4) is 0 Å². The lowest BCUT2D eigenvalue weighted by molar-refractivity contribution is 0.615. The lowest BCUT2D eigenvalue weighted by Crippen LogP contribution is -2.01. The third kappa shape index (κ3) is 0.914. The smallest absolute Gasteiger partial charge is 0.133 e. The second-order valence-corrected chi connectivity index (χ2v) is 3.90. The monoisotopic (exact) mass is 182 g/mol. The summed E-state index contributed by atoms with van der Waals surface area (Å²) in [6, 6.07) is 8.21. The molecule has 0 amide bonds. The van der Waals surface area contributed by atoms with Gasteiger partial charge in [0, 0.05) is 5.39 Å². The molecule has 0 atom stereocenters. The van der Waals surface area contributed by atoms with Crippen molar-refractivity contribution in [3.63, 3.8) is 0 Å². The molecule has 1 fully saturated rings. The van der Waals surface area contributed by atoms with Crippen LogP contribution in [0.5, 0.6) is 0 Å². The molecule has 0 spiro atoms. The summed E-state index contributed by atoms with van der Waals surface area (Å²) in [6.45, 7) is 0. The van der Waals surface area contributed by atoms with Gasteiger partial charge >= 0.3 is 0 Å². The third-order valence-electron chi connectivity index (χ3n) is 3.03. The van der Waals surface area contributed by atoms with Crippen LogP contribution in [0, 0.1) is 12.3 Å². The van der Waals surface area contributed by atoms with Gasteiger partial charge in [-0.1, -0.05) is 12.0 Å². The highest BCUT2D eigenvalue weighted by molar-refractivity contribution is 5.78. The van der Waals surface area contributed by atoms with Crippen molar-refractivity contribution in [3.8, 4) is 12.3 Å². The molecule has 3 rings (SSSR count). The van der Waals surface area contributed by atoms with E-state index >= 15 is 0 Å². The fourth-order valence-electron chi connectivity index (χ4n) is 1.91. The first kappa shape index (κ1) is 7.70. The van der Waals surface area contributed by atoms with Gasteiger partial charge < -0.3 is 4.42 Å². The predicted octanol–water partition coefficient (Wildman–Crippen LogP) is 3.10. The van der Waals surface area contributed by atoms with E-state index in [-0.39, 0.29) is 5.41 Å². The number of terminal acetylenes is 1. The van der Waals surface area contributed by atoms with Crippen LogP contribution in [-0.4, -0.2) is 0 Å². The van der Waals surface area contributed by atoms with Crippen molar-refractivity contribution >= 4 is 11.0 Å². The molecule has 14 heavy (non-hydrogen) atoms. The molecule has 68 valence electrons. The van der Waals surface area contributed by atoms with Gasteiger partial charge in [0.15, 0.2) is 0 Å². The van der Waals surface area contributed by atoms with Crippen LogP contribution in [0.15, 0.2) is 34.9 Å². The van der Waals surface area contributed by atoms with E-state index in [1.165, 1.54) is 5.56 Å². The lowest BCUT2D eigenvalue weighted by atomic mass is 9.96. The standard InChI is InChI=1S/C13H10O/c1-2-13(6-7-13)11-3-4-12-10(9-11)5-8-14-12/h1,3-5,8-9H,6-7H2. The van der Waals surface area contributed by atoms with Gasteiger partial charge in [-0.25, -0.2) is 0 Å². The molecule has 1 heterocycles. The minimum atomic E-state index is 0.0332. The molecule has 1 nitrogen and oxygen atoms in total. The van der Waals surface area contributed by atoms with Crippen molar-refractivity contribution in [2.45, 2.75) is 18.3 Å². The van der Waals surface area contributed by atoms with Gasteiger partial charge in [-0.15, -0.1) is 6.42 Å². The Bertz CT molecular complexity index is 523. The number of benzene rings is 1. The molecule has 1 aliphatic carbocycles. The lowest BCUT2D eigenvalue weighted by Gasteiger charge is -2.06. The number of fused-ring (bicyclic) bond motifs is 1. The zero-order valence-corrected chi connectivity index (χ0v) is 7.79. The van der Waals surface area contributed by atoms with Crippen LogP contribution in [-0.2, 0) is 5.41 Å². The number of furan rings is 1. The molecule has 1 aromatic heterocycles. The number of rotatable bonds is 1. The Morgan fingerprint density at radius 2 is 2.14 bits per heavy atom. The first-order valence-electron chi connectivity index (χ1n) is 4.80. The van der Waals surface area contributed by atoms with Crippen molar-refractivity contribution in [2.24, 2.45) is 0 Å². The van der Waals surface area contributed by atoms with Gasteiger partial charge in [0.2, 0.25) is 0 Å². The van der Waals surface area contributed by atoms with Crippen LogP contribution in [0.2, 0.25) is 0 Å². The topological polar surface area (TPSA) is 13.1 Å². The summed E-state index contributed by atoms with van der Waals surface area (Å²) < 4.78 is 5.29. The minimum Gasteiger partial charge on any atom is -0.464 e. The van der Waals surface area contributed by atoms with Gasteiger partial charge in [-0.2, -0.15) is 0 Å². The molecular formula is C13H10O. The van der Waals surface area contributed by atoms with E-state index < -0.39 is 0 Å². The quantitative estimate of drug-likeness (QED) is 0.618. The summed E-state index contributed by atoms with van der Waals surface area (Å²) in [4.78, 5) is 0. The van der Waals surface area contributed by atoms with Crippen LogP contribution in [0.25, 0.3) is 11.0 Å². The first-order valence-corrected chi connectivity index (χ1v) is 4.80. The zero-order chi connectivity index (χ0) is 9.60. The molecule has 0 aliphatic heterocycles. The largest absolute Gasteiger partial charge is 0.464 e. The predicted molar refractivity (Wildman–Crippen MR) is 56.0 cm³/mol. The Morgan fingerprint density at radius 1 is 1.29 bits per heavy atom. The van der Waals surface area contributed by atoms with Crippen LogP contribution in [0.4, 0.5) is 0 Å². The van der Waals surface area contributed by atoms with Crippen molar-refractivity contribution < 1.29 is 4.42 Å².